The second-order valence-electron chi connectivity index (χ2n) is 13.2. The minimum absolute atomic E-state index is 0.571. The average molecular weight is 678 g/mol. The number of furan rings is 1. The molecule has 0 aliphatic carbocycles. The molecule has 0 radical (unpaired) electrons. The third-order valence-corrected chi connectivity index (χ3v) is 9.98. The second-order valence-corrected chi connectivity index (χ2v) is 13.2. The molecule has 10 rings (SSSR count). The summed E-state index contributed by atoms with van der Waals surface area (Å²) in [7, 11) is 0. The van der Waals surface area contributed by atoms with Gasteiger partial charge in [-0.3, -0.25) is 0 Å². The molecule has 53 heavy (non-hydrogen) atoms. The molecule has 0 aliphatic heterocycles. The summed E-state index contributed by atoms with van der Waals surface area (Å²) in [5.74, 6) is 1.79. The second kappa shape index (κ2) is 12.9. The van der Waals surface area contributed by atoms with Crippen LogP contribution in [0.5, 0.6) is 0 Å². The summed E-state index contributed by atoms with van der Waals surface area (Å²) >= 11 is 0. The highest BCUT2D eigenvalue weighted by Gasteiger charge is 2.18. The molecule has 0 saturated heterocycles. The van der Waals surface area contributed by atoms with E-state index in [2.05, 4.69) is 127 Å². The Bertz CT molecular complexity index is 2910. The molecule has 2 heterocycles. The van der Waals surface area contributed by atoms with Crippen LogP contribution in [0.2, 0.25) is 0 Å². The Labute approximate surface area is 306 Å². The third-order valence-electron chi connectivity index (χ3n) is 9.98. The summed E-state index contributed by atoms with van der Waals surface area (Å²) in [6.45, 7) is 0. The van der Waals surface area contributed by atoms with Crippen molar-refractivity contribution in [3.8, 4) is 67.5 Å². The van der Waals surface area contributed by atoms with Crippen molar-refractivity contribution in [2.24, 2.45) is 0 Å². The molecule has 0 aliphatic rings. The Morgan fingerprint density at radius 1 is 0.302 bits per heavy atom. The van der Waals surface area contributed by atoms with E-state index < -0.39 is 0 Å². The van der Waals surface area contributed by atoms with Gasteiger partial charge in [0.25, 0.3) is 0 Å². The van der Waals surface area contributed by atoms with E-state index in [1.54, 1.807) is 0 Å². The van der Waals surface area contributed by atoms with Gasteiger partial charge in [0.2, 0.25) is 0 Å². The maximum absolute atomic E-state index is 6.38. The zero-order chi connectivity index (χ0) is 35.1. The lowest BCUT2D eigenvalue weighted by atomic mass is 9.89. The Morgan fingerprint density at radius 2 is 0.830 bits per heavy atom. The van der Waals surface area contributed by atoms with Crippen LogP contribution in [0.4, 0.5) is 0 Å². The number of hydrogen-bond donors (Lipinski definition) is 0. The summed E-state index contributed by atoms with van der Waals surface area (Å²) in [6, 6.07) is 65.4. The molecule has 0 bridgehead atoms. The maximum Gasteiger partial charge on any atom is 0.167 e. The molecule has 0 unspecified atom stereocenters. The molecule has 0 fully saturated rings. The van der Waals surface area contributed by atoms with Crippen LogP contribution in [0, 0.1) is 0 Å². The highest BCUT2D eigenvalue weighted by molar-refractivity contribution is 6.09. The summed E-state index contributed by atoms with van der Waals surface area (Å²) in [4.78, 5) is 15.0. The van der Waals surface area contributed by atoms with Gasteiger partial charge in [0.15, 0.2) is 17.5 Å². The van der Waals surface area contributed by atoms with Crippen LogP contribution in [0.3, 0.4) is 0 Å². The van der Waals surface area contributed by atoms with Gasteiger partial charge in [0.1, 0.15) is 11.2 Å². The topological polar surface area (TPSA) is 51.8 Å². The predicted molar refractivity (Wildman–Crippen MR) is 217 cm³/mol. The van der Waals surface area contributed by atoms with Gasteiger partial charge in [0, 0.05) is 21.9 Å². The van der Waals surface area contributed by atoms with Gasteiger partial charge in [-0.25, -0.2) is 15.0 Å². The van der Waals surface area contributed by atoms with E-state index in [1.165, 1.54) is 33.0 Å². The first-order chi connectivity index (χ1) is 26.3. The fraction of sp³-hybridized carbons (Fsp3) is 0. The number of fused-ring (bicyclic) bond motifs is 4. The molecule has 4 nitrogen and oxygen atoms in total. The van der Waals surface area contributed by atoms with Gasteiger partial charge in [-0.15, -0.1) is 0 Å². The van der Waals surface area contributed by atoms with E-state index in [0.29, 0.717) is 17.5 Å². The van der Waals surface area contributed by atoms with Gasteiger partial charge in [-0.05, 0) is 56.3 Å². The first-order valence-corrected chi connectivity index (χ1v) is 17.8. The van der Waals surface area contributed by atoms with Crippen molar-refractivity contribution >= 4 is 32.7 Å². The van der Waals surface area contributed by atoms with Gasteiger partial charge in [-0.2, -0.15) is 0 Å². The van der Waals surface area contributed by atoms with Crippen molar-refractivity contribution in [3.63, 3.8) is 0 Å². The molecule has 0 atom stereocenters. The fourth-order valence-electron chi connectivity index (χ4n) is 7.35. The van der Waals surface area contributed by atoms with Crippen molar-refractivity contribution in [1.29, 1.82) is 0 Å². The maximum atomic E-state index is 6.38. The fourth-order valence-corrected chi connectivity index (χ4v) is 7.35. The van der Waals surface area contributed by atoms with Crippen LogP contribution in [-0.2, 0) is 0 Å². The smallest absolute Gasteiger partial charge is 0.167 e. The van der Waals surface area contributed by atoms with E-state index in [1.807, 2.05) is 60.7 Å². The van der Waals surface area contributed by atoms with E-state index in [-0.39, 0.29) is 0 Å². The molecule has 8 aromatic carbocycles. The Morgan fingerprint density at radius 3 is 1.55 bits per heavy atom. The summed E-state index contributed by atoms with van der Waals surface area (Å²) in [5, 5.41) is 4.58. The molecule has 0 spiro atoms. The number of para-hydroxylation sites is 2. The monoisotopic (exact) mass is 677 g/mol. The number of nitrogens with zero attached hydrogens (tertiary/aromatic N) is 3. The van der Waals surface area contributed by atoms with Crippen LogP contribution in [0.1, 0.15) is 0 Å². The summed E-state index contributed by atoms with van der Waals surface area (Å²) in [5.41, 5.74) is 11.4. The zero-order valence-corrected chi connectivity index (χ0v) is 28.6. The Balaban J connectivity index is 1.03. The van der Waals surface area contributed by atoms with Crippen LogP contribution >= 0.6 is 0 Å². The van der Waals surface area contributed by atoms with Crippen molar-refractivity contribution in [2.75, 3.05) is 0 Å². The lowest BCUT2D eigenvalue weighted by molar-refractivity contribution is 0.669. The standard InChI is InChI=1S/C49H31N3O/c1-3-12-34(13-4-1)40-31-30-35-14-7-8-17-39(35)45(40)36-26-22-32(23-27-36)33-24-28-38(29-25-33)48-50-47(37-15-5-2-6-16-37)51-49(52-48)43-20-11-19-42-41-18-9-10-21-44(41)53-46(42)43/h1-31H. The van der Waals surface area contributed by atoms with E-state index in [4.69, 9.17) is 19.4 Å². The average Bonchev–Trinajstić information content (AvgIpc) is 3.63. The van der Waals surface area contributed by atoms with Gasteiger partial charge < -0.3 is 4.42 Å². The lowest BCUT2D eigenvalue weighted by Gasteiger charge is -2.15. The van der Waals surface area contributed by atoms with Crippen molar-refractivity contribution in [2.45, 2.75) is 0 Å². The number of benzene rings is 8. The molecule has 0 amide bonds. The van der Waals surface area contributed by atoms with Crippen LogP contribution in [0.25, 0.3) is 100 Å². The summed E-state index contributed by atoms with van der Waals surface area (Å²) in [6.07, 6.45) is 0. The quantitative estimate of drug-likeness (QED) is 0.176. The van der Waals surface area contributed by atoms with Gasteiger partial charge in [-0.1, -0.05) is 176 Å². The Kier molecular flexibility index (Phi) is 7.43. The first kappa shape index (κ1) is 30.6. The number of rotatable bonds is 6. The minimum Gasteiger partial charge on any atom is -0.455 e. The first-order valence-electron chi connectivity index (χ1n) is 17.8. The minimum atomic E-state index is 0.571. The van der Waals surface area contributed by atoms with Crippen molar-refractivity contribution in [3.05, 3.63) is 188 Å². The van der Waals surface area contributed by atoms with Crippen molar-refractivity contribution in [1.82, 2.24) is 15.0 Å². The van der Waals surface area contributed by atoms with Gasteiger partial charge >= 0.3 is 0 Å². The van der Waals surface area contributed by atoms with Crippen LogP contribution in [0.15, 0.2) is 192 Å². The number of hydrogen-bond acceptors (Lipinski definition) is 4. The third kappa shape index (κ3) is 5.54. The van der Waals surface area contributed by atoms with Crippen molar-refractivity contribution < 1.29 is 4.42 Å². The molecule has 10 aromatic rings. The van der Waals surface area contributed by atoms with Gasteiger partial charge in [0.05, 0.1) is 5.56 Å². The predicted octanol–water partition coefficient (Wildman–Crippen LogP) is 12.9. The molecule has 0 N–H and O–H groups in total. The number of aromatic nitrogens is 3. The van der Waals surface area contributed by atoms with E-state index >= 15 is 0 Å². The SMILES string of the molecule is c1ccc(-c2nc(-c3ccc(-c4ccc(-c5c(-c6ccccc6)ccc6ccccc56)cc4)cc3)nc(-c3cccc4c3oc3ccccc34)n2)cc1. The van der Waals surface area contributed by atoms with E-state index in [9.17, 15) is 0 Å². The normalized spacial score (nSPS) is 11.4. The molecule has 2 aromatic heterocycles. The molecule has 0 saturated carbocycles. The highest BCUT2D eigenvalue weighted by Crippen LogP contribution is 2.40. The van der Waals surface area contributed by atoms with Crippen LogP contribution < -0.4 is 0 Å². The Hall–Kier alpha value is -7.17. The zero-order valence-electron chi connectivity index (χ0n) is 28.6. The summed E-state index contributed by atoms with van der Waals surface area (Å²) < 4.78 is 6.38. The largest absolute Gasteiger partial charge is 0.455 e. The molecular weight excluding hydrogens is 647 g/mol. The highest BCUT2D eigenvalue weighted by atomic mass is 16.3. The molecule has 4 heteroatoms. The van der Waals surface area contributed by atoms with E-state index in [0.717, 1.165) is 49.8 Å². The molecule has 248 valence electrons. The van der Waals surface area contributed by atoms with Crippen LogP contribution in [-0.4, -0.2) is 15.0 Å². The lowest BCUT2D eigenvalue weighted by Crippen LogP contribution is -2.00. The molecular formula is C49H31N3O.